The minimum absolute atomic E-state index is 0.114. The van der Waals surface area contributed by atoms with Gasteiger partial charge in [0.15, 0.2) is 0 Å². The van der Waals surface area contributed by atoms with E-state index in [0.29, 0.717) is 5.56 Å². The van der Waals surface area contributed by atoms with Gasteiger partial charge in [0.1, 0.15) is 5.75 Å². The molecule has 0 saturated carbocycles. The third-order valence-corrected chi connectivity index (χ3v) is 3.56. The molecule has 0 unspecified atom stereocenters. The molecule has 120 valence electrons. The Bertz CT molecular complexity index is 876. The van der Waals surface area contributed by atoms with E-state index in [-0.39, 0.29) is 18.2 Å². The zero-order valence-corrected chi connectivity index (χ0v) is 12.9. The molecule has 3 aromatic carbocycles. The summed E-state index contributed by atoms with van der Waals surface area (Å²) in [5.74, 6) is -0.149. The van der Waals surface area contributed by atoms with E-state index in [9.17, 15) is 9.90 Å². The number of hydrogen-bond donors (Lipinski definition) is 3. The topological polar surface area (TPSA) is 73.7 Å². The standard InChI is InChI=1S/C19H17N3O2/c23-18-11-10-14-6-4-5-9-16(14)17(18)12-21-22-19(24)13-20-15-7-2-1-3-8-15/h1-12,20,23H,13H2,(H,22,24)/b21-12+. The third-order valence-electron chi connectivity index (χ3n) is 3.56. The van der Waals surface area contributed by atoms with E-state index >= 15 is 0 Å². The number of anilines is 1. The van der Waals surface area contributed by atoms with Crippen molar-refractivity contribution in [3.05, 3.63) is 72.3 Å². The van der Waals surface area contributed by atoms with Gasteiger partial charge in [-0.3, -0.25) is 4.79 Å². The highest BCUT2D eigenvalue weighted by Gasteiger charge is 2.04. The van der Waals surface area contributed by atoms with Crippen molar-refractivity contribution in [1.82, 2.24) is 5.43 Å². The van der Waals surface area contributed by atoms with E-state index in [0.717, 1.165) is 16.5 Å². The second-order valence-corrected chi connectivity index (χ2v) is 5.23. The first kappa shape index (κ1) is 15.6. The zero-order chi connectivity index (χ0) is 16.8. The van der Waals surface area contributed by atoms with Crippen molar-refractivity contribution in [2.45, 2.75) is 0 Å². The van der Waals surface area contributed by atoms with Crippen LogP contribution in [0.15, 0.2) is 71.8 Å². The molecule has 0 aromatic heterocycles. The van der Waals surface area contributed by atoms with Gasteiger partial charge < -0.3 is 10.4 Å². The molecule has 24 heavy (non-hydrogen) atoms. The van der Waals surface area contributed by atoms with E-state index in [1.54, 1.807) is 6.07 Å². The molecule has 3 N–H and O–H groups in total. The average molecular weight is 319 g/mol. The zero-order valence-electron chi connectivity index (χ0n) is 12.9. The molecule has 3 aromatic rings. The van der Waals surface area contributed by atoms with Crippen LogP contribution in [0.5, 0.6) is 5.75 Å². The van der Waals surface area contributed by atoms with Crippen LogP contribution < -0.4 is 10.7 Å². The summed E-state index contributed by atoms with van der Waals surface area (Å²) in [5, 5.41) is 18.8. The number of hydrogen-bond acceptors (Lipinski definition) is 4. The summed E-state index contributed by atoms with van der Waals surface area (Å²) < 4.78 is 0. The fourth-order valence-corrected chi connectivity index (χ4v) is 2.37. The maximum atomic E-state index is 11.8. The monoisotopic (exact) mass is 319 g/mol. The minimum Gasteiger partial charge on any atom is -0.507 e. The number of rotatable bonds is 5. The molecule has 0 heterocycles. The van der Waals surface area contributed by atoms with Gasteiger partial charge in [-0.1, -0.05) is 48.5 Å². The van der Waals surface area contributed by atoms with Crippen LogP contribution in [-0.2, 0) is 4.79 Å². The summed E-state index contributed by atoms with van der Waals surface area (Å²) >= 11 is 0. The number of nitrogens with one attached hydrogen (secondary N) is 2. The summed E-state index contributed by atoms with van der Waals surface area (Å²) in [6.45, 7) is 0.114. The van der Waals surface area contributed by atoms with Crippen LogP contribution in [0.2, 0.25) is 0 Å². The fourth-order valence-electron chi connectivity index (χ4n) is 2.37. The van der Waals surface area contributed by atoms with Gasteiger partial charge in [0, 0.05) is 11.3 Å². The summed E-state index contributed by atoms with van der Waals surface area (Å²) in [4.78, 5) is 11.8. The van der Waals surface area contributed by atoms with Crippen LogP contribution in [-0.4, -0.2) is 23.8 Å². The SMILES string of the molecule is O=C(CNc1ccccc1)N/N=C/c1c(O)ccc2ccccc12. The van der Waals surface area contributed by atoms with Crippen molar-refractivity contribution < 1.29 is 9.90 Å². The van der Waals surface area contributed by atoms with E-state index < -0.39 is 0 Å². The van der Waals surface area contributed by atoms with Crippen LogP contribution in [0.4, 0.5) is 5.69 Å². The lowest BCUT2D eigenvalue weighted by molar-refractivity contribution is -0.119. The molecule has 0 radical (unpaired) electrons. The van der Waals surface area contributed by atoms with Crippen molar-refractivity contribution >= 4 is 28.6 Å². The van der Waals surface area contributed by atoms with E-state index in [2.05, 4.69) is 15.8 Å². The number of hydrazone groups is 1. The maximum Gasteiger partial charge on any atom is 0.259 e. The number of amides is 1. The Morgan fingerprint density at radius 2 is 1.75 bits per heavy atom. The molecule has 1 amide bonds. The van der Waals surface area contributed by atoms with Crippen molar-refractivity contribution in [2.24, 2.45) is 5.10 Å². The molecule has 5 heteroatoms. The van der Waals surface area contributed by atoms with E-state index in [1.165, 1.54) is 6.21 Å². The number of phenols is 1. The fraction of sp³-hybridized carbons (Fsp3) is 0.0526. The van der Waals surface area contributed by atoms with Crippen molar-refractivity contribution in [2.75, 3.05) is 11.9 Å². The second-order valence-electron chi connectivity index (χ2n) is 5.23. The molecule has 0 aliphatic heterocycles. The Morgan fingerprint density at radius 3 is 2.58 bits per heavy atom. The van der Waals surface area contributed by atoms with Crippen molar-refractivity contribution in [1.29, 1.82) is 0 Å². The van der Waals surface area contributed by atoms with E-state index in [4.69, 9.17) is 0 Å². The minimum atomic E-state index is -0.269. The van der Waals surface area contributed by atoms with Gasteiger partial charge in [-0.25, -0.2) is 5.43 Å². The second kappa shape index (κ2) is 7.28. The number of aromatic hydroxyl groups is 1. The van der Waals surface area contributed by atoms with Gasteiger partial charge in [0.25, 0.3) is 5.91 Å². The van der Waals surface area contributed by atoms with Gasteiger partial charge in [-0.2, -0.15) is 5.10 Å². The smallest absolute Gasteiger partial charge is 0.259 e. The van der Waals surface area contributed by atoms with Crippen molar-refractivity contribution in [3.63, 3.8) is 0 Å². The lowest BCUT2D eigenvalue weighted by atomic mass is 10.0. The first-order valence-electron chi connectivity index (χ1n) is 7.55. The predicted molar refractivity (Wildman–Crippen MR) is 96.3 cm³/mol. The Kier molecular flexibility index (Phi) is 4.72. The highest BCUT2D eigenvalue weighted by atomic mass is 16.3. The molecule has 0 bridgehead atoms. The number of phenolic OH excluding ortho intramolecular Hbond substituents is 1. The molecular weight excluding hydrogens is 302 g/mol. The number of nitrogens with zero attached hydrogens (tertiary/aromatic N) is 1. The van der Waals surface area contributed by atoms with E-state index in [1.807, 2.05) is 60.7 Å². The quantitative estimate of drug-likeness (QED) is 0.500. The van der Waals surface area contributed by atoms with Crippen molar-refractivity contribution in [3.8, 4) is 5.75 Å². The molecule has 0 atom stereocenters. The molecule has 0 fully saturated rings. The molecule has 0 spiro atoms. The van der Waals surface area contributed by atoms with Crippen LogP contribution in [0, 0.1) is 0 Å². The Hall–Kier alpha value is -3.34. The predicted octanol–water partition coefficient (Wildman–Crippen LogP) is 3.11. The lowest BCUT2D eigenvalue weighted by Gasteiger charge is -2.06. The third kappa shape index (κ3) is 3.70. The normalized spacial score (nSPS) is 10.8. The summed E-state index contributed by atoms with van der Waals surface area (Å²) in [5.41, 5.74) is 3.89. The Labute approximate surface area is 139 Å². The molecule has 0 saturated heterocycles. The van der Waals surface area contributed by atoms with Gasteiger partial charge in [0.2, 0.25) is 0 Å². The summed E-state index contributed by atoms with van der Waals surface area (Å²) in [6, 6.07) is 20.6. The highest BCUT2D eigenvalue weighted by molar-refractivity contribution is 6.02. The first-order valence-corrected chi connectivity index (χ1v) is 7.55. The summed E-state index contributed by atoms with van der Waals surface area (Å²) in [7, 11) is 0. The molecule has 3 rings (SSSR count). The Balaban J connectivity index is 1.64. The molecule has 0 aliphatic rings. The lowest BCUT2D eigenvalue weighted by Crippen LogP contribution is -2.25. The van der Waals surface area contributed by atoms with Crippen LogP contribution >= 0.6 is 0 Å². The van der Waals surface area contributed by atoms with Gasteiger partial charge in [-0.15, -0.1) is 0 Å². The first-order chi connectivity index (χ1) is 11.7. The molecule has 5 nitrogen and oxygen atoms in total. The van der Waals surface area contributed by atoms with Crippen LogP contribution in [0.25, 0.3) is 10.8 Å². The van der Waals surface area contributed by atoms with Crippen LogP contribution in [0.1, 0.15) is 5.56 Å². The van der Waals surface area contributed by atoms with Crippen LogP contribution in [0.3, 0.4) is 0 Å². The molecule has 0 aliphatic carbocycles. The summed E-state index contributed by atoms with van der Waals surface area (Å²) in [6.07, 6.45) is 1.46. The number of carbonyl (C=O) groups excluding carboxylic acids is 1. The number of fused-ring (bicyclic) bond motifs is 1. The molecular formula is C19H17N3O2. The number of para-hydroxylation sites is 1. The maximum absolute atomic E-state index is 11.8. The highest BCUT2D eigenvalue weighted by Crippen LogP contribution is 2.25. The largest absolute Gasteiger partial charge is 0.507 e. The van der Waals surface area contributed by atoms with Gasteiger partial charge in [-0.05, 0) is 29.0 Å². The number of carbonyl (C=O) groups is 1. The van der Waals surface area contributed by atoms with Gasteiger partial charge >= 0.3 is 0 Å². The number of benzene rings is 3. The van der Waals surface area contributed by atoms with Gasteiger partial charge in [0.05, 0.1) is 12.8 Å². The average Bonchev–Trinajstić information content (AvgIpc) is 2.63. The Morgan fingerprint density at radius 1 is 1.00 bits per heavy atom.